The third-order valence-electron chi connectivity index (χ3n) is 2.60. The van der Waals surface area contributed by atoms with E-state index < -0.39 is 0 Å². The molecule has 0 aliphatic carbocycles. The van der Waals surface area contributed by atoms with Crippen molar-refractivity contribution in [2.75, 3.05) is 12.4 Å². The molecule has 0 atom stereocenters. The van der Waals surface area contributed by atoms with Crippen LogP contribution in [-0.4, -0.2) is 13.0 Å². The Balaban J connectivity index is 2.17. The van der Waals surface area contributed by atoms with Gasteiger partial charge >= 0.3 is 0 Å². The van der Waals surface area contributed by atoms with Crippen molar-refractivity contribution in [2.24, 2.45) is 0 Å². The molecule has 0 saturated carbocycles. The molecule has 1 N–H and O–H groups in total. The van der Waals surface area contributed by atoms with Gasteiger partial charge in [0.05, 0.1) is 6.61 Å². The van der Waals surface area contributed by atoms with E-state index in [0.29, 0.717) is 12.2 Å². The molecule has 2 aromatic carbocycles. The molecule has 3 heteroatoms. The lowest BCUT2D eigenvalue weighted by Crippen LogP contribution is -2.13. The van der Waals surface area contributed by atoms with Crippen LogP contribution in [0.2, 0.25) is 0 Å². The number of hydrogen-bond acceptors (Lipinski definition) is 2. The lowest BCUT2D eigenvalue weighted by atomic mass is 10.1. The predicted molar refractivity (Wildman–Crippen MR) is 71.6 cm³/mol. The van der Waals surface area contributed by atoms with E-state index in [1.807, 2.05) is 42.5 Å². The molecule has 0 saturated heterocycles. The molecule has 0 aliphatic rings. The van der Waals surface area contributed by atoms with Gasteiger partial charge in [-0.1, -0.05) is 36.4 Å². The Labute approximate surface area is 106 Å². The van der Waals surface area contributed by atoms with Crippen molar-refractivity contribution in [3.05, 3.63) is 65.7 Å². The summed E-state index contributed by atoms with van der Waals surface area (Å²) < 4.78 is 5.10. The summed E-state index contributed by atoms with van der Waals surface area (Å²) >= 11 is 0. The zero-order valence-electron chi connectivity index (χ0n) is 10.2. The summed E-state index contributed by atoms with van der Waals surface area (Å²) in [5, 5.41) is 2.89. The van der Waals surface area contributed by atoms with Gasteiger partial charge in [-0.3, -0.25) is 4.79 Å². The van der Waals surface area contributed by atoms with Crippen molar-refractivity contribution >= 4 is 11.6 Å². The predicted octanol–water partition coefficient (Wildman–Crippen LogP) is 3.09. The van der Waals surface area contributed by atoms with Crippen LogP contribution < -0.4 is 5.32 Å². The highest BCUT2D eigenvalue weighted by molar-refractivity contribution is 6.04. The fourth-order valence-corrected chi connectivity index (χ4v) is 1.71. The average molecular weight is 241 g/mol. The molecule has 18 heavy (non-hydrogen) atoms. The summed E-state index contributed by atoms with van der Waals surface area (Å²) in [4.78, 5) is 12.0. The molecular formula is C15H15NO2. The third-order valence-corrected chi connectivity index (χ3v) is 2.60. The number of anilines is 1. The molecule has 0 unspecified atom stereocenters. The third kappa shape index (κ3) is 2.96. The molecule has 0 radical (unpaired) electrons. The average Bonchev–Trinajstić information content (AvgIpc) is 2.42. The first-order valence-corrected chi connectivity index (χ1v) is 5.74. The maximum Gasteiger partial charge on any atom is 0.255 e. The van der Waals surface area contributed by atoms with Crippen molar-refractivity contribution in [3.8, 4) is 0 Å². The summed E-state index contributed by atoms with van der Waals surface area (Å²) in [6, 6.07) is 16.8. The highest BCUT2D eigenvalue weighted by Gasteiger charge is 2.07. The highest BCUT2D eigenvalue weighted by Crippen LogP contribution is 2.16. The minimum Gasteiger partial charge on any atom is -0.380 e. The van der Waals surface area contributed by atoms with Crippen LogP contribution in [0.1, 0.15) is 15.9 Å². The molecule has 0 fully saturated rings. The Morgan fingerprint density at radius 1 is 1.06 bits per heavy atom. The van der Waals surface area contributed by atoms with Gasteiger partial charge in [0.2, 0.25) is 0 Å². The monoisotopic (exact) mass is 241 g/mol. The molecule has 2 rings (SSSR count). The largest absolute Gasteiger partial charge is 0.380 e. The van der Waals surface area contributed by atoms with E-state index in [0.717, 1.165) is 11.3 Å². The van der Waals surface area contributed by atoms with Crippen molar-refractivity contribution in [1.29, 1.82) is 0 Å². The first-order chi connectivity index (χ1) is 8.81. The Morgan fingerprint density at radius 2 is 1.72 bits per heavy atom. The zero-order chi connectivity index (χ0) is 12.8. The van der Waals surface area contributed by atoms with Gasteiger partial charge in [0.15, 0.2) is 0 Å². The Bertz CT molecular complexity index is 523. The van der Waals surface area contributed by atoms with E-state index in [1.54, 1.807) is 19.2 Å². The Hall–Kier alpha value is -2.13. The first-order valence-electron chi connectivity index (χ1n) is 5.74. The highest BCUT2D eigenvalue weighted by atomic mass is 16.5. The van der Waals surface area contributed by atoms with Gasteiger partial charge in [-0.05, 0) is 18.2 Å². The quantitative estimate of drug-likeness (QED) is 0.893. The van der Waals surface area contributed by atoms with E-state index in [2.05, 4.69) is 5.32 Å². The lowest BCUT2D eigenvalue weighted by Gasteiger charge is -2.10. The van der Waals surface area contributed by atoms with Gasteiger partial charge in [-0.2, -0.15) is 0 Å². The van der Waals surface area contributed by atoms with Crippen LogP contribution in [0.5, 0.6) is 0 Å². The minimum absolute atomic E-state index is 0.112. The number of carbonyl (C=O) groups excluding carboxylic acids is 1. The number of hydrogen-bond donors (Lipinski definition) is 1. The van der Waals surface area contributed by atoms with E-state index >= 15 is 0 Å². The fourth-order valence-electron chi connectivity index (χ4n) is 1.71. The van der Waals surface area contributed by atoms with Crippen LogP contribution in [-0.2, 0) is 11.3 Å². The van der Waals surface area contributed by atoms with Crippen LogP contribution in [0, 0.1) is 0 Å². The number of rotatable bonds is 4. The van der Waals surface area contributed by atoms with E-state index in [4.69, 9.17) is 4.74 Å². The lowest BCUT2D eigenvalue weighted by molar-refractivity contribution is 0.102. The smallest absolute Gasteiger partial charge is 0.255 e. The van der Waals surface area contributed by atoms with Gasteiger partial charge in [0.1, 0.15) is 0 Å². The maximum atomic E-state index is 12.0. The number of nitrogens with one attached hydrogen (secondary N) is 1. The van der Waals surface area contributed by atoms with Crippen molar-refractivity contribution in [3.63, 3.8) is 0 Å². The van der Waals surface area contributed by atoms with Crippen LogP contribution in [0.25, 0.3) is 0 Å². The van der Waals surface area contributed by atoms with Crippen molar-refractivity contribution < 1.29 is 9.53 Å². The van der Waals surface area contributed by atoms with Gasteiger partial charge in [0, 0.05) is 23.9 Å². The molecule has 0 heterocycles. The number of ether oxygens (including phenoxy) is 1. The summed E-state index contributed by atoms with van der Waals surface area (Å²) in [7, 11) is 1.63. The van der Waals surface area contributed by atoms with Gasteiger partial charge in [-0.25, -0.2) is 0 Å². The maximum absolute atomic E-state index is 12.0. The molecule has 2 aromatic rings. The SMILES string of the molecule is COCc1ccccc1NC(=O)c1ccccc1. The van der Waals surface area contributed by atoms with Gasteiger partial charge in [0.25, 0.3) is 5.91 Å². The van der Waals surface area contributed by atoms with Crippen LogP contribution in [0.15, 0.2) is 54.6 Å². The second-order valence-corrected chi connectivity index (χ2v) is 3.91. The normalized spacial score (nSPS) is 10.1. The fraction of sp³-hybridized carbons (Fsp3) is 0.133. The summed E-state index contributed by atoms with van der Waals surface area (Å²) in [6.45, 7) is 0.477. The molecule has 92 valence electrons. The standard InChI is InChI=1S/C15H15NO2/c1-18-11-13-9-5-6-10-14(13)16-15(17)12-7-3-2-4-8-12/h2-10H,11H2,1H3,(H,16,17). The van der Waals surface area contributed by atoms with E-state index in [-0.39, 0.29) is 5.91 Å². The van der Waals surface area contributed by atoms with E-state index in [1.165, 1.54) is 0 Å². The topological polar surface area (TPSA) is 38.3 Å². The van der Waals surface area contributed by atoms with Crippen molar-refractivity contribution in [2.45, 2.75) is 6.61 Å². The van der Waals surface area contributed by atoms with Gasteiger partial charge in [-0.15, -0.1) is 0 Å². The molecule has 0 bridgehead atoms. The summed E-state index contributed by atoms with van der Waals surface area (Å²) in [5.74, 6) is -0.112. The Kier molecular flexibility index (Phi) is 4.10. The van der Waals surface area contributed by atoms with E-state index in [9.17, 15) is 4.79 Å². The number of para-hydroxylation sites is 1. The number of carbonyl (C=O) groups is 1. The first kappa shape index (κ1) is 12.3. The van der Waals surface area contributed by atoms with Gasteiger partial charge < -0.3 is 10.1 Å². The molecule has 0 aliphatic heterocycles. The number of amides is 1. The zero-order valence-corrected chi connectivity index (χ0v) is 10.2. The molecule has 0 spiro atoms. The minimum atomic E-state index is -0.112. The Morgan fingerprint density at radius 3 is 2.44 bits per heavy atom. The molecule has 0 aromatic heterocycles. The second-order valence-electron chi connectivity index (χ2n) is 3.91. The van der Waals surface area contributed by atoms with Crippen LogP contribution >= 0.6 is 0 Å². The summed E-state index contributed by atoms with van der Waals surface area (Å²) in [6.07, 6.45) is 0. The van der Waals surface area contributed by atoms with Crippen LogP contribution in [0.4, 0.5) is 5.69 Å². The van der Waals surface area contributed by atoms with Crippen molar-refractivity contribution in [1.82, 2.24) is 0 Å². The van der Waals surface area contributed by atoms with Crippen LogP contribution in [0.3, 0.4) is 0 Å². The summed E-state index contributed by atoms with van der Waals surface area (Å²) in [5.41, 5.74) is 2.39. The molecular weight excluding hydrogens is 226 g/mol. The number of methoxy groups -OCH3 is 1. The number of benzene rings is 2. The second kappa shape index (κ2) is 5.98. The molecule has 3 nitrogen and oxygen atoms in total. The molecule has 1 amide bonds.